The van der Waals surface area contributed by atoms with E-state index in [0.717, 1.165) is 18.0 Å². The lowest BCUT2D eigenvalue weighted by atomic mass is 10.1. The standard InChI is InChI=1S/C26H32F2N4O8/c1-2-38-25(37)31-19-14-15-32(24(36)30-19)23-26(27,28)22(35)18(40-23)16-39-21(34)13-9-4-3-8-12-20(33)29-17-10-6-5-7-11-17/h5-7,10-11,14-15,18,22-23,35H,2-4,8-9,12-13,16H2,1H3,(H,29,33)(H,30,31,36,37). The molecule has 1 aromatic heterocycles. The Morgan fingerprint density at radius 2 is 1.75 bits per heavy atom. The maximum atomic E-state index is 14.7. The Morgan fingerprint density at radius 3 is 2.42 bits per heavy atom. The normalized spacial score (nSPS) is 19.6. The number of aliphatic hydroxyl groups excluding tert-OH is 1. The van der Waals surface area contributed by atoms with E-state index in [-0.39, 0.29) is 24.8 Å². The number of unbranched alkanes of at least 4 members (excludes halogenated alkanes) is 3. The Morgan fingerprint density at radius 1 is 1.05 bits per heavy atom. The van der Waals surface area contributed by atoms with E-state index >= 15 is 0 Å². The molecule has 1 aromatic carbocycles. The molecule has 3 rings (SSSR count). The molecular formula is C26H32F2N4O8. The molecule has 1 aliphatic rings. The van der Waals surface area contributed by atoms with Gasteiger partial charge in [0, 0.05) is 24.7 Å². The van der Waals surface area contributed by atoms with Crippen molar-refractivity contribution in [2.45, 2.75) is 69.8 Å². The van der Waals surface area contributed by atoms with Crippen LogP contribution in [0.2, 0.25) is 0 Å². The first-order valence-electron chi connectivity index (χ1n) is 12.9. The van der Waals surface area contributed by atoms with Gasteiger partial charge in [0.25, 0.3) is 0 Å². The molecule has 0 saturated carbocycles. The largest absolute Gasteiger partial charge is 0.463 e. The number of carbonyl (C=O) groups excluding carboxylic acids is 3. The van der Waals surface area contributed by atoms with E-state index in [4.69, 9.17) is 9.47 Å². The Bertz CT molecular complexity index is 1210. The van der Waals surface area contributed by atoms with Crippen LogP contribution in [0.15, 0.2) is 47.4 Å². The number of alkyl halides is 2. The summed E-state index contributed by atoms with van der Waals surface area (Å²) in [5, 5.41) is 15.1. The lowest BCUT2D eigenvalue weighted by molar-refractivity contribution is -0.150. The van der Waals surface area contributed by atoms with Gasteiger partial charge in [0.15, 0.2) is 6.10 Å². The first kappa shape index (κ1) is 30.6. The zero-order valence-corrected chi connectivity index (χ0v) is 21.9. The molecule has 0 radical (unpaired) electrons. The van der Waals surface area contributed by atoms with Crippen molar-refractivity contribution in [2.24, 2.45) is 0 Å². The van der Waals surface area contributed by atoms with Crippen molar-refractivity contribution in [3.8, 4) is 0 Å². The summed E-state index contributed by atoms with van der Waals surface area (Å²) in [6.07, 6.45) is -3.24. The fraction of sp³-hybridized carbons (Fsp3) is 0.500. The van der Waals surface area contributed by atoms with Gasteiger partial charge in [-0.15, -0.1) is 0 Å². The molecule has 14 heteroatoms. The lowest BCUT2D eigenvalue weighted by Crippen LogP contribution is -2.42. The summed E-state index contributed by atoms with van der Waals surface area (Å²) in [6, 6.07) is 10.2. The number of para-hydroxylation sites is 1. The van der Waals surface area contributed by atoms with E-state index in [0.29, 0.717) is 36.7 Å². The van der Waals surface area contributed by atoms with Crippen LogP contribution in [0, 0.1) is 0 Å². The minimum atomic E-state index is -3.90. The number of esters is 1. The summed E-state index contributed by atoms with van der Waals surface area (Å²) < 4.78 is 44.8. The molecule has 1 fully saturated rings. The molecule has 2 heterocycles. The molecule has 2 amide bonds. The van der Waals surface area contributed by atoms with Gasteiger partial charge in [-0.05, 0) is 38.0 Å². The molecule has 218 valence electrons. The van der Waals surface area contributed by atoms with Crippen LogP contribution in [0.25, 0.3) is 0 Å². The summed E-state index contributed by atoms with van der Waals surface area (Å²) >= 11 is 0. The molecule has 1 saturated heterocycles. The second-order valence-electron chi connectivity index (χ2n) is 9.01. The third-order valence-corrected chi connectivity index (χ3v) is 5.97. The van der Waals surface area contributed by atoms with Crippen molar-refractivity contribution in [2.75, 3.05) is 23.8 Å². The fourth-order valence-electron chi connectivity index (χ4n) is 3.94. The number of benzene rings is 1. The number of halogens is 2. The first-order valence-corrected chi connectivity index (χ1v) is 12.9. The van der Waals surface area contributed by atoms with Crippen LogP contribution in [-0.4, -0.2) is 64.0 Å². The molecule has 2 aromatic rings. The minimum absolute atomic E-state index is 0.0250. The smallest absolute Gasteiger partial charge is 0.412 e. The third kappa shape index (κ3) is 8.55. The van der Waals surface area contributed by atoms with Crippen molar-refractivity contribution < 1.29 is 42.5 Å². The van der Waals surface area contributed by atoms with Gasteiger partial charge >= 0.3 is 23.7 Å². The number of aliphatic hydroxyl groups is 1. The van der Waals surface area contributed by atoms with Gasteiger partial charge in [-0.2, -0.15) is 13.8 Å². The molecule has 3 atom stereocenters. The highest BCUT2D eigenvalue weighted by atomic mass is 19.3. The summed E-state index contributed by atoms with van der Waals surface area (Å²) in [6.45, 7) is 1.00. The molecule has 0 bridgehead atoms. The van der Waals surface area contributed by atoms with Crippen LogP contribution in [-0.2, 0) is 23.8 Å². The average Bonchev–Trinajstić information content (AvgIpc) is 3.13. The predicted molar refractivity (Wildman–Crippen MR) is 138 cm³/mol. The SMILES string of the molecule is CCOC(=O)Nc1ccn(C2OC(COC(=O)CCCCCCC(=O)Nc3ccccc3)C(O)C2(F)F)c(=O)n1. The second kappa shape index (κ2) is 14.5. The number of amides is 2. The highest BCUT2D eigenvalue weighted by Crippen LogP contribution is 2.42. The maximum absolute atomic E-state index is 14.7. The van der Waals surface area contributed by atoms with Crippen molar-refractivity contribution in [1.29, 1.82) is 0 Å². The van der Waals surface area contributed by atoms with Gasteiger partial charge in [-0.1, -0.05) is 31.0 Å². The monoisotopic (exact) mass is 566 g/mol. The number of hydrogen-bond acceptors (Lipinski definition) is 9. The van der Waals surface area contributed by atoms with Crippen LogP contribution in [0.4, 0.5) is 25.1 Å². The molecule has 3 unspecified atom stereocenters. The number of nitrogens with zero attached hydrogens (tertiary/aromatic N) is 2. The zero-order valence-electron chi connectivity index (χ0n) is 21.9. The van der Waals surface area contributed by atoms with Crippen LogP contribution < -0.4 is 16.3 Å². The van der Waals surface area contributed by atoms with Crippen LogP contribution in [0.3, 0.4) is 0 Å². The van der Waals surface area contributed by atoms with Gasteiger partial charge in [0.05, 0.1) is 6.61 Å². The molecule has 0 aliphatic carbocycles. The van der Waals surface area contributed by atoms with E-state index in [1.807, 2.05) is 18.2 Å². The predicted octanol–water partition coefficient (Wildman–Crippen LogP) is 3.23. The first-order chi connectivity index (χ1) is 19.1. The number of ether oxygens (including phenoxy) is 3. The highest BCUT2D eigenvalue weighted by molar-refractivity contribution is 5.90. The van der Waals surface area contributed by atoms with Crippen LogP contribution in [0.1, 0.15) is 51.7 Å². The Kier molecular flexibility index (Phi) is 11.1. The van der Waals surface area contributed by atoms with Crippen LogP contribution in [0.5, 0.6) is 0 Å². The van der Waals surface area contributed by atoms with E-state index < -0.39 is 48.7 Å². The van der Waals surface area contributed by atoms with Crippen molar-refractivity contribution in [3.63, 3.8) is 0 Å². The quantitative estimate of drug-likeness (QED) is 0.244. The van der Waals surface area contributed by atoms with Gasteiger partial charge in [-0.25, -0.2) is 9.59 Å². The van der Waals surface area contributed by atoms with Crippen LogP contribution >= 0.6 is 0 Å². The van der Waals surface area contributed by atoms with E-state index in [1.165, 1.54) is 0 Å². The number of carbonyl (C=O) groups is 3. The molecule has 1 aliphatic heterocycles. The van der Waals surface area contributed by atoms with Crippen molar-refractivity contribution in [3.05, 3.63) is 53.1 Å². The van der Waals surface area contributed by atoms with Gasteiger partial charge in [0.1, 0.15) is 18.5 Å². The van der Waals surface area contributed by atoms with Crippen molar-refractivity contribution >= 4 is 29.5 Å². The third-order valence-electron chi connectivity index (χ3n) is 5.97. The number of anilines is 2. The molecule has 40 heavy (non-hydrogen) atoms. The lowest BCUT2D eigenvalue weighted by Gasteiger charge is -2.21. The molecule has 3 N–H and O–H groups in total. The van der Waals surface area contributed by atoms with E-state index in [1.54, 1.807) is 19.1 Å². The van der Waals surface area contributed by atoms with Crippen molar-refractivity contribution in [1.82, 2.24) is 9.55 Å². The summed E-state index contributed by atoms with van der Waals surface area (Å²) in [5.41, 5.74) is -0.443. The minimum Gasteiger partial charge on any atom is -0.463 e. The molecule has 0 spiro atoms. The summed E-state index contributed by atoms with van der Waals surface area (Å²) in [4.78, 5) is 51.3. The summed E-state index contributed by atoms with van der Waals surface area (Å²) in [5.74, 6) is -4.87. The number of rotatable bonds is 13. The van der Waals surface area contributed by atoms with E-state index in [2.05, 4.69) is 20.4 Å². The highest BCUT2D eigenvalue weighted by Gasteiger charge is 2.60. The summed E-state index contributed by atoms with van der Waals surface area (Å²) in [7, 11) is 0. The number of hydrogen-bond donors (Lipinski definition) is 3. The second-order valence-corrected chi connectivity index (χ2v) is 9.01. The average molecular weight is 567 g/mol. The molecule has 12 nitrogen and oxygen atoms in total. The maximum Gasteiger partial charge on any atom is 0.412 e. The number of nitrogens with one attached hydrogen (secondary N) is 2. The van der Waals surface area contributed by atoms with Gasteiger partial charge in [0.2, 0.25) is 12.1 Å². The Labute approximate surface area is 228 Å². The Balaban J connectivity index is 1.39. The van der Waals surface area contributed by atoms with Gasteiger partial charge < -0.3 is 24.6 Å². The fourth-order valence-corrected chi connectivity index (χ4v) is 3.94. The molecular weight excluding hydrogens is 534 g/mol. The van der Waals surface area contributed by atoms with Gasteiger partial charge in [-0.3, -0.25) is 19.5 Å². The number of aromatic nitrogens is 2. The zero-order chi connectivity index (χ0) is 29.1. The van der Waals surface area contributed by atoms with E-state index in [9.17, 15) is 33.1 Å². The topological polar surface area (TPSA) is 158 Å². The Hall–Kier alpha value is -3.91.